The van der Waals surface area contributed by atoms with Crippen molar-refractivity contribution in [3.63, 3.8) is 0 Å². The molecule has 0 aliphatic heterocycles. The Morgan fingerprint density at radius 2 is 1.85 bits per heavy atom. The molecule has 0 saturated carbocycles. The Kier molecular flexibility index (Phi) is 6.12. The van der Waals surface area contributed by atoms with Gasteiger partial charge in [-0.05, 0) is 18.9 Å². The monoisotopic (exact) mass is 299 g/mol. The highest BCUT2D eigenvalue weighted by Crippen LogP contribution is 2.11. The summed E-state index contributed by atoms with van der Waals surface area (Å²) in [5.41, 5.74) is 7.71. The van der Waals surface area contributed by atoms with Gasteiger partial charge < -0.3 is 11.1 Å². The van der Waals surface area contributed by atoms with E-state index < -0.39 is 16.1 Å². The zero-order chi connectivity index (χ0) is 15.2. The quantitative estimate of drug-likeness (QED) is 0.619. The molecule has 1 unspecified atom stereocenters. The van der Waals surface area contributed by atoms with Crippen molar-refractivity contribution in [3.8, 4) is 0 Å². The van der Waals surface area contributed by atoms with Crippen molar-refractivity contribution < 1.29 is 13.2 Å². The summed E-state index contributed by atoms with van der Waals surface area (Å²) in [6.45, 7) is 2.63. The Labute approximate surface area is 119 Å². The lowest BCUT2D eigenvalue weighted by Gasteiger charge is -2.12. The maximum absolute atomic E-state index is 11.8. The van der Waals surface area contributed by atoms with Gasteiger partial charge in [-0.3, -0.25) is 4.79 Å². The molecule has 4 N–H and O–H groups in total. The van der Waals surface area contributed by atoms with Gasteiger partial charge in [0.05, 0.1) is 6.26 Å². The molecule has 112 valence electrons. The molecule has 1 aromatic rings. The van der Waals surface area contributed by atoms with Gasteiger partial charge >= 0.3 is 0 Å². The average Bonchev–Trinajstić information content (AvgIpc) is 2.37. The molecule has 7 heteroatoms. The molecule has 0 aliphatic rings. The van der Waals surface area contributed by atoms with Crippen molar-refractivity contribution in [1.29, 1.82) is 0 Å². The Morgan fingerprint density at radius 1 is 1.25 bits per heavy atom. The fourth-order valence-electron chi connectivity index (χ4n) is 1.59. The highest BCUT2D eigenvalue weighted by Gasteiger charge is 2.14. The summed E-state index contributed by atoms with van der Waals surface area (Å²) < 4.78 is 24.0. The maximum atomic E-state index is 11.8. The molecule has 20 heavy (non-hydrogen) atoms. The summed E-state index contributed by atoms with van der Waals surface area (Å²) in [5, 5.41) is 2.68. The fraction of sp³-hybridized carbons (Fsp3) is 0.462. The van der Waals surface area contributed by atoms with E-state index >= 15 is 0 Å². The first-order valence-electron chi connectivity index (χ1n) is 6.34. The second-order valence-corrected chi connectivity index (χ2v) is 6.53. The number of sulfonamides is 1. The van der Waals surface area contributed by atoms with Gasteiger partial charge in [0.2, 0.25) is 15.9 Å². The maximum Gasteiger partial charge on any atom is 0.241 e. The van der Waals surface area contributed by atoms with Crippen LogP contribution in [0.2, 0.25) is 0 Å². The van der Waals surface area contributed by atoms with Gasteiger partial charge in [0.15, 0.2) is 0 Å². The number of nitrogens with two attached hydrogens (primary N) is 1. The topological polar surface area (TPSA) is 101 Å². The molecule has 1 amide bonds. The van der Waals surface area contributed by atoms with Crippen LogP contribution >= 0.6 is 0 Å². The number of amides is 1. The summed E-state index contributed by atoms with van der Waals surface area (Å²) in [4.78, 5) is 11.8. The smallest absolute Gasteiger partial charge is 0.241 e. The summed E-state index contributed by atoms with van der Waals surface area (Å²) in [5.74, 6) is -0.270. The van der Waals surface area contributed by atoms with Crippen LogP contribution in [0.4, 0.5) is 0 Å². The molecule has 0 spiro atoms. The normalized spacial score (nSPS) is 12.9. The third-order valence-corrected chi connectivity index (χ3v) is 3.46. The van der Waals surface area contributed by atoms with Crippen LogP contribution < -0.4 is 15.8 Å². The minimum atomic E-state index is -3.18. The number of hydrogen-bond acceptors (Lipinski definition) is 4. The Morgan fingerprint density at radius 3 is 2.40 bits per heavy atom. The average molecular weight is 299 g/mol. The van der Waals surface area contributed by atoms with Gasteiger partial charge in [-0.15, -0.1) is 0 Å². The summed E-state index contributed by atoms with van der Waals surface area (Å²) in [6, 6.07) is 6.74. The van der Waals surface area contributed by atoms with E-state index in [-0.39, 0.29) is 5.91 Å². The van der Waals surface area contributed by atoms with Crippen LogP contribution in [0.25, 0.3) is 0 Å². The highest BCUT2D eigenvalue weighted by atomic mass is 32.2. The molecule has 1 aromatic carbocycles. The number of nitrogens with one attached hydrogen (secondary N) is 2. The Bertz CT molecular complexity index is 540. The third kappa shape index (κ3) is 6.14. The van der Waals surface area contributed by atoms with Gasteiger partial charge in [0.1, 0.15) is 6.04 Å². The minimum Gasteiger partial charge on any atom is -0.354 e. The second kappa shape index (κ2) is 7.37. The molecule has 0 saturated heterocycles. The van der Waals surface area contributed by atoms with Crippen molar-refractivity contribution in [1.82, 2.24) is 10.0 Å². The molecular weight excluding hydrogens is 278 g/mol. The van der Waals surface area contributed by atoms with Gasteiger partial charge in [0, 0.05) is 13.1 Å². The van der Waals surface area contributed by atoms with Crippen LogP contribution in [-0.2, 0) is 14.8 Å². The van der Waals surface area contributed by atoms with Crippen molar-refractivity contribution in [3.05, 3.63) is 35.4 Å². The lowest BCUT2D eigenvalue weighted by molar-refractivity contribution is -0.122. The lowest BCUT2D eigenvalue weighted by atomic mass is 10.1. The van der Waals surface area contributed by atoms with Gasteiger partial charge in [-0.2, -0.15) is 0 Å². The number of carbonyl (C=O) groups excluding carboxylic acids is 1. The van der Waals surface area contributed by atoms with E-state index in [1.807, 2.05) is 31.2 Å². The molecule has 0 aromatic heterocycles. The summed E-state index contributed by atoms with van der Waals surface area (Å²) in [6.07, 6.45) is 1.61. The molecule has 0 heterocycles. The molecule has 6 nitrogen and oxygen atoms in total. The Hall–Kier alpha value is -1.44. The number of hydrogen-bond donors (Lipinski definition) is 3. The van der Waals surface area contributed by atoms with Crippen LogP contribution in [0.3, 0.4) is 0 Å². The van der Waals surface area contributed by atoms with E-state index in [1.54, 1.807) is 0 Å². The number of rotatable bonds is 7. The van der Waals surface area contributed by atoms with E-state index in [4.69, 9.17) is 5.73 Å². The number of benzene rings is 1. The molecule has 0 aliphatic carbocycles. The number of aryl methyl sites for hydroxylation is 1. The second-order valence-electron chi connectivity index (χ2n) is 4.70. The largest absolute Gasteiger partial charge is 0.354 e. The van der Waals surface area contributed by atoms with Gasteiger partial charge in [-0.1, -0.05) is 29.8 Å². The van der Waals surface area contributed by atoms with Crippen LogP contribution in [-0.4, -0.2) is 33.7 Å². The summed E-state index contributed by atoms with van der Waals surface area (Å²) >= 11 is 0. The van der Waals surface area contributed by atoms with Crippen LogP contribution in [0.15, 0.2) is 24.3 Å². The van der Waals surface area contributed by atoms with Gasteiger partial charge in [-0.25, -0.2) is 13.1 Å². The zero-order valence-electron chi connectivity index (χ0n) is 11.7. The van der Waals surface area contributed by atoms with E-state index in [0.29, 0.717) is 19.5 Å². The third-order valence-electron chi connectivity index (χ3n) is 2.74. The predicted octanol–water partition coefficient (Wildman–Crippen LogP) is 0.0503. The van der Waals surface area contributed by atoms with Crippen molar-refractivity contribution in [2.24, 2.45) is 5.73 Å². The van der Waals surface area contributed by atoms with E-state index in [0.717, 1.165) is 17.4 Å². The van der Waals surface area contributed by atoms with Crippen LogP contribution in [0, 0.1) is 6.92 Å². The molecule has 0 radical (unpaired) electrons. The first kappa shape index (κ1) is 16.6. The zero-order valence-corrected chi connectivity index (χ0v) is 12.5. The first-order chi connectivity index (χ1) is 9.29. The SMILES string of the molecule is Cc1ccc(C(N)C(=O)NCCCNS(C)(=O)=O)cc1. The Balaban J connectivity index is 2.34. The van der Waals surface area contributed by atoms with E-state index in [9.17, 15) is 13.2 Å². The fourth-order valence-corrected chi connectivity index (χ4v) is 2.11. The molecule has 1 atom stereocenters. The predicted molar refractivity (Wildman–Crippen MR) is 78.6 cm³/mol. The first-order valence-corrected chi connectivity index (χ1v) is 8.23. The standard InChI is InChI=1S/C13H21N3O3S/c1-10-4-6-11(7-5-10)12(14)13(17)15-8-3-9-16-20(2,18)19/h4-7,12,16H,3,8-9,14H2,1-2H3,(H,15,17). The molecule has 0 bridgehead atoms. The molecule has 0 fully saturated rings. The van der Waals surface area contributed by atoms with E-state index in [1.165, 1.54) is 0 Å². The van der Waals surface area contributed by atoms with Crippen molar-refractivity contribution >= 4 is 15.9 Å². The van der Waals surface area contributed by atoms with Crippen LogP contribution in [0.5, 0.6) is 0 Å². The number of carbonyl (C=O) groups is 1. The lowest BCUT2D eigenvalue weighted by Crippen LogP contribution is -2.35. The molecule has 1 rings (SSSR count). The van der Waals surface area contributed by atoms with Gasteiger partial charge in [0.25, 0.3) is 0 Å². The minimum absolute atomic E-state index is 0.270. The molecular formula is C13H21N3O3S. The van der Waals surface area contributed by atoms with E-state index in [2.05, 4.69) is 10.0 Å². The van der Waals surface area contributed by atoms with Crippen LogP contribution in [0.1, 0.15) is 23.6 Å². The van der Waals surface area contributed by atoms with Crippen molar-refractivity contribution in [2.45, 2.75) is 19.4 Å². The summed E-state index contributed by atoms with van der Waals surface area (Å²) in [7, 11) is -3.18. The van der Waals surface area contributed by atoms with Crippen molar-refractivity contribution in [2.75, 3.05) is 19.3 Å². The highest BCUT2D eigenvalue weighted by molar-refractivity contribution is 7.88.